The molecule has 0 radical (unpaired) electrons. The minimum atomic E-state index is -4.74. The summed E-state index contributed by atoms with van der Waals surface area (Å²) in [6.45, 7) is 3.22. The number of aromatic nitrogens is 2. The smallest absolute Gasteiger partial charge is 0.418 e. The Balaban J connectivity index is 1.47. The summed E-state index contributed by atoms with van der Waals surface area (Å²) in [5, 5.41) is 12.7. The Hall–Kier alpha value is -4.92. The number of halogens is 6. The lowest BCUT2D eigenvalue weighted by atomic mass is 9.94. The van der Waals surface area contributed by atoms with Crippen molar-refractivity contribution in [3.63, 3.8) is 0 Å². The molecule has 1 aliphatic rings. The van der Waals surface area contributed by atoms with Crippen LogP contribution in [0.1, 0.15) is 39.7 Å². The van der Waals surface area contributed by atoms with E-state index in [1.54, 1.807) is 6.07 Å². The minimum absolute atomic E-state index is 0.0587. The number of amides is 1. The van der Waals surface area contributed by atoms with Crippen molar-refractivity contribution in [2.75, 3.05) is 24.7 Å². The summed E-state index contributed by atoms with van der Waals surface area (Å²) in [6.07, 6.45) is -3.72. The standard InChI is InChI=1S/C34H32F6N4O5/c1-17-12-20(44-10-11-49-16-27(44)33(3,36)37)14-25(35)28(17)30(45)42-26(32(47)48)13-19-7-8-22(29-21(19)6-5-9-41-29)23-15-24(34(38,39)40)18(2)43(4)31(23)46/h5-9,12,14-15,26-27H,10-11,13,16H2,1-4H3,(H,42,45)(H,47,48)/t26-,27+/m0/s1. The first kappa shape index (κ1) is 35.4. The Bertz CT molecular complexity index is 1980. The summed E-state index contributed by atoms with van der Waals surface area (Å²) >= 11 is 0. The van der Waals surface area contributed by atoms with E-state index in [4.69, 9.17) is 4.74 Å². The number of anilines is 1. The van der Waals surface area contributed by atoms with Crippen molar-refractivity contribution in [3.05, 3.63) is 92.8 Å². The fourth-order valence-electron chi connectivity index (χ4n) is 6.09. The maximum atomic E-state index is 15.5. The van der Waals surface area contributed by atoms with Crippen molar-refractivity contribution in [3.8, 4) is 11.1 Å². The Kier molecular flexibility index (Phi) is 9.52. The number of morpholine rings is 1. The number of nitrogens with zero attached hydrogens (tertiary/aromatic N) is 3. The zero-order valence-electron chi connectivity index (χ0n) is 26.8. The van der Waals surface area contributed by atoms with E-state index in [9.17, 15) is 41.4 Å². The highest BCUT2D eigenvalue weighted by Crippen LogP contribution is 2.36. The number of carbonyl (C=O) groups excluding carboxylic acids is 1. The van der Waals surface area contributed by atoms with Gasteiger partial charge in [-0.2, -0.15) is 13.2 Å². The van der Waals surface area contributed by atoms with Gasteiger partial charge in [-0.3, -0.25) is 14.6 Å². The van der Waals surface area contributed by atoms with E-state index in [1.807, 2.05) is 0 Å². The predicted octanol–water partition coefficient (Wildman–Crippen LogP) is 5.66. The monoisotopic (exact) mass is 690 g/mol. The Morgan fingerprint density at radius 1 is 1.10 bits per heavy atom. The van der Waals surface area contributed by atoms with Gasteiger partial charge in [0, 0.05) is 61.0 Å². The number of rotatable bonds is 8. The first-order valence-electron chi connectivity index (χ1n) is 15.1. The molecule has 1 saturated heterocycles. The molecule has 0 bridgehead atoms. The predicted molar refractivity (Wildman–Crippen MR) is 168 cm³/mol. The minimum Gasteiger partial charge on any atom is -0.480 e. The molecular weight excluding hydrogens is 658 g/mol. The van der Waals surface area contributed by atoms with Crippen LogP contribution in [0.4, 0.5) is 32.0 Å². The molecule has 260 valence electrons. The molecule has 3 heterocycles. The molecule has 9 nitrogen and oxygen atoms in total. The highest BCUT2D eigenvalue weighted by atomic mass is 19.4. The summed E-state index contributed by atoms with van der Waals surface area (Å²) in [4.78, 5) is 44.3. The van der Waals surface area contributed by atoms with Crippen molar-refractivity contribution >= 4 is 28.5 Å². The van der Waals surface area contributed by atoms with Gasteiger partial charge in [0.2, 0.25) is 0 Å². The fraction of sp³-hybridized carbons (Fsp3) is 0.353. The maximum absolute atomic E-state index is 15.5. The van der Waals surface area contributed by atoms with Gasteiger partial charge >= 0.3 is 12.1 Å². The van der Waals surface area contributed by atoms with Crippen molar-refractivity contribution in [1.82, 2.24) is 14.9 Å². The van der Waals surface area contributed by atoms with E-state index >= 15 is 4.39 Å². The molecule has 5 rings (SSSR count). The normalized spacial score (nSPS) is 16.1. The summed E-state index contributed by atoms with van der Waals surface area (Å²) in [7, 11) is 1.22. The van der Waals surface area contributed by atoms with E-state index in [0.29, 0.717) is 10.9 Å². The summed E-state index contributed by atoms with van der Waals surface area (Å²) in [5.74, 6) is -6.74. The van der Waals surface area contributed by atoms with E-state index in [1.165, 1.54) is 56.3 Å². The third kappa shape index (κ3) is 6.98. The molecule has 2 atom stereocenters. The van der Waals surface area contributed by atoms with Crippen LogP contribution in [0.25, 0.3) is 22.0 Å². The van der Waals surface area contributed by atoms with Gasteiger partial charge in [0.25, 0.3) is 17.4 Å². The van der Waals surface area contributed by atoms with Gasteiger partial charge in [-0.1, -0.05) is 18.2 Å². The molecule has 15 heteroatoms. The average Bonchev–Trinajstić information content (AvgIpc) is 3.02. The van der Waals surface area contributed by atoms with Gasteiger partial charge in [-0.25, -0.2) is 18.0 Å². The lowest BCUT2D eigenvalue weighted by Crippen LogP contribution is -2.54. The van der Waals surface area contributed by atoms with Crippen LogP contribution in [0.2, 0.25) is 0 Å². The number of fused-ring (bicyclic) bond motifs is 1. The first-order valence-corrected chi connectivity index (χ1v) is 15.1. The van der Waals surface area contributed by atoms with Gasteiger partial charge in [-0.05, 0) is 49.2 Å². The summed E-state index contributed by atoms with van der Waals surface area (Å²) in [6, 6.07) is 5.96. The molecule has 1 amide bonds. The third-order valence-corrected chi connectivity index (χ3v) is 8.74. The van der Waals surface area contributed by atoms with Crippen molar-refractivity contribution in [1.29, 1.82) is 0 Å². The molecule has 2 aromatic heterocycles. The second kappa shape index (κ2) is 13.2. The zero-order chi connectivity index (χ0) is 36.0. The SMILES string of the molecule is Cc1cc(N2CCOC[C@@H]2C(C)(F)F)cc(F)c1C(=O)N[C@@H](Cc1ccc(-c2cc(C(F)(F)F)c(C)n(C)c2=O)c2ncccc12)C(=O)O. The number of hydrogen-bond donors (Lipinski definition) is 2. The highest BCUT2D eigenvalue weighted by molar-refractivity contribution is 5.99. The van der Waals surface area contributed by atoms with Crippen LogP contribution in [0.5, 0.6) is 0 Å². The van der Waals surface area contributed by atoms with Gasteiger partial charge in [0.05, 0.1) is 29.9 Å². The van der Waals surface area contributed by atoms with Gasteiger partial charge in [-0.15, -0.1) is 0 Å². The molecular formula is C34H32F6N4O5. The Morgan fingerprint density at radius 3 is 2.45 bits per heavy atom. The molecule has 2 aromatic carbocycles. The van der Waals surface area contributed by atoms with Gasteiger partial charge < -0.3 is 24.6 Å². The zero-order valence-corrected chi connectivity index (χ0v) is 26.8. The molecule has 1 aliphatic heterocycles. The maximum Gasteiger partial charge on any atom is 0.418 e. The van der Waals surface area contributed by atoms with Crippen LogP contribution < -0.4 is 15.8 Å². The average molecular weight is 691 g/mol. The second-order valence-electron chi connectivity index (χ2n) is 12.0. The summed E-state index contributed by atoms with van der Waals surface area (Å²) < 4.78 is 91.5. The Labute approximate surface area is 276 Å². The third-order valence-electron chi connectivity index (χ3n) is 8.74. The Morgan fingerprint density at radius 2 is 1.82 bits per heavy atom. The quantitative estimate of drug-likeness (QED) is 0.230. The van der Waals surface area contributed by atoms with Crippen LogP contribution in [-0.2, 0) is 29.2 Å². The lowest BCUT2D eigenvalue weighted by molar-refractivity contribution is -0.139. The topological polar surface area (TPSA) is 114 Å². The van der Waals surface area contributed by atoms with Crippen LogP contribution in [-0.4, -0.2) is 64.3 Å². The summed E-state index contributed by atoms with van der Waals surface area (Å²) in [5.41, 5.74) is -1.98. The molecule has 2 N–H and O–H groups in total. The largest absolute Gasteiger partial charge is 0.480 e. The highest BCUT2D eigenvalue weighted by Gasteiger charge is 2.41. The number of aliphatic carboxylic acids is 1. The van der Waals surface area contributed by atoms with Crippen molar-refractivity contribution in [2.45, 2.75) is 51.4 Å². The van der Waals surface area contributed by atoms with Crippen molar-refractivity contribution in [2.24, 2.45) is 7.05 Å². The number of carboxylic acids is 1. The van der Waals surface area contributed by atoms with E-state index in [-0.39, 0.29) is 59.8 Å². The number of aryl methyl sites for hydroxylation is 1. The number of pyridine rings is 2. The number of hydrogen-bond acceptors (Lipinski definition) is 6. The number of carboxylic acid groups (broad SMARTS) is 1. The van der Waals surface area contributed by atoms with Crippen LogP contribution >= 0.6 is 0 Å². The van der Waals surface area contributed by atoms with Gasteiger partial charge in [0.15, 0.2) is 0 Å². The molecule has 49 heavy (non-hydrogen) atoms. The molecule has 0 saturated carbocycles. The molecule has 4 aromatic rings. The molecule has 0 aliphatic carbocycles. The van der Waals surface area contributed by atoms with Gasteiger partial charge in [0.1, 0.15) is 17.9 Å². The number of nitrogens with one attached hydrogen (secondary N) is 1. The molecule has 0 unspecified atom stereocenters. The second-order valence-corrected chi connectivity index (χ2v) is 12.0. The molecule has 1 fully saturated rings. The van der Waals surface area contributed by atoms with E-state index in [0.717, 1.165) is 23.6 Å². The number of alkyl halides is 5. The number of carbonyl (C=O) groups is 2. The fourth-order valence-corrected chi connectivity index (χ4v) is 6.09. The van der Waals surface area contributed by atoms with Crippen LogP contribution in [0.3, 0.4) is 0 Å². The number of benzene rings is 2. The van der Waals surface area contributed by atoms with Crippen LogP contribution in [0, 0.1) is 19.7 Å². The van der Waals surface area contributed by atoms with E-state index in [2.05, 4.69) is 10.3 Å². The first-order chi connectivity index (χ1) is 22.9. The van der Waals surface area contributed by atoms with Crippen LogP contribution in [0.15, 0.2) is 53.5 Å². The van der Waals surface area contributed by atoms with E-state index < -0.39 is 58.6 Å². The number of ether oxygens (including phenoxy) is 1. The van der Waals surface area contributed by atoms with Crippen molar-refractivity contribution < 1.29 is 45.8 Å². The lowest BCUT2D eigenvalue weighted by Gasteiger charge is -2.40. The molecule has 0 spiro atoms.